The maximum atomic E-state index is 9.82. The Bertz CT molecular complexity index is 99.9. The molecule has 1 amide bonds. The lowest BCUT2D eigenvalue weighted by molar-refractivity contribution is -0.117. The summed E-state index contributed by atoms with van der Waals surface area (Å²) in [6.45, 7) is 0.753. The Morgan fingerprint density at radius 3 is 3.00 bits per heavy atom. The summed E-state index contributed by atoms with van der Waals surface area (Å²) in [5.74, 6) is 0. The van der Waals surface area contributed by atoms with Gasteiger partial charge in [-0.25, -0.2) is 5.01 Å². The molecule has 0 aromatic rings. The van der Waals surface area contributed by atoms with Gasteiger partial charge in [-0.1, -0.05) is 0 Å². The molecule has 38 valence electrons. The van der Waals surface area contributed by atoms with Crippen molar-refractivity contribution >= 4 is 12.6 Å². The van der Waals surface area contributed by atoms with Crippen molar-refractivity contribution in [2.75, 3.05) is 6.54 Å². The van der Waals surface area contributed by atoms with Crippen molar-refractivity contribution in [3.05, 3.63) is 0 Å². The second-order valence-corrected chi connectivity index (χ2v) is 1.36. The number of amides is 1. The van der Waals surface area contributed by atoms with E-state index in [2.05, 4.69) is 5.10 Å². The zero-order chi connectivity index (χ0) is 5.11. The third kappa shape index (κ3) is 0.765. The summed E-state index contributed by atoms with van der Waals surface area (Å²) in [5, 5.41) is 5.07. The topological polar surface area (TPSA) is 32.7 Å². The van der Waals surface area contributed by atoms with Crippen molar-refractivity contribution in [1.82, 2.24) is 5.01 Å². The minimum atomic E-state index is 0.726. The summed E-state index contributed by atoms with van der Waals surface area (Å²) < 4.78 is 0. The minimum absolute atomic E-state index is 0.726. The van der Waals surface area contributed by atoms with E-state index in [0.717, 1.165) is 19.4 Å². The van der Waals surface area contributed by atoms with Crippen molar-refractivity contribution in [3.63, 3.8) is 0 Å². The molecule has 0 bridgehead atoms. The van der Waals surface area contributed by atoms with E-state index < -0.39 is 0 Å². The van der Waals surface area contributed by atoms with Crippen LogP contribution >= 0.6 is 0 Å². The molecule has 0 aliphatic carbocycles. The Morgan fingerprint density at radius 2 is 2.71 bits per heavy atom. The molecule has 0 aromatic carbocycles. The van der Waals surface area contributed by atoms with Crippen molar-refractivity contribution in [3.8, 4) is 0 Å². The van der Waals surface area contributed by atoms with Crippen LogP contribution in [0, 0.1) is 0 Å². The highest BCUT2D eigenvalue weighted by atomic mass is 16.1. The largest absolute Gasteiger partial charge is 0.277 e. The van der Waals surface area contributed by atoms with Crippen LogP contribution in [0.15, 0.2) is 5.10 Å². The molecule has 0 fully saturated rings. The average molecular weight is 98.1 g/mol. The van der Waals surface area contributed by atoms with Crippen molar-refractivity contribution in [2.24, 2.45) is 5.10 Å². The Labute approximate surface area is 41.6 Å². The van der Waals surface area contributed by atoms with Crippen LogP contribution in [0.25, 0.3) is 0 Å². The van der Waals surface area contributed by atoms with E-state index in [9.17, 15) is 4.79 Å². The first-order valence-corrected chi connectivity index (χ1v) is 2.18. The minimum Gasteiger partial charge on any atom is -0.277 e. The van der Waals surface area contributed by atoms with Crippen LogP contribution < -0.4 is 0 Å². The second-order valence-electron chi connectivity index (χ2n) is 1.36. The summed E-state index contributed by atoms with van der Waals surface area (Å²) in [4.78, 5) is 9.82. The molecule has 1 aliphatic rings. The summed E-state index contributed by atoms with van der Waals surface area (Å²) in [5.41, 5.74) is 0. The number of hydrogen-bond donors (Lipinski definition) is 0. The lowest BCUT2D eigenvalue weighted by Crippen LogP contribution is -2.09. The van der Waals surface area contributed by atoms with E-state index in [-0.39, 0.29) is 0 Å². The predicted octanol–water partition coefficient (Wildman–Crippen LogP) is -0.166. The first-order valence-electron chi connectivity index (χ1n) is 2.18. The van der Waals surface area contributed by atoms with Gasteiger partial charge in [-0.3, -0.25) is 4.79 Å². The molecule has 0 radical (unpaired) electrons. The molecular formula is C4H6N2O. The fourth-order valence-electron chi connectivity index (χ4n) is 0.490. The lowest BCUT2D eigenvalue weighted by Gasteiger charge is -1.98. The monoisotopic (exact) mass is 98.0 g/mol. The van der Waals surface area contributed by atoms with Gasteiger partial charge in [-0.2, -0.15) is 5.10 Å². The van der Waals surface area contributed by atoms with Gasteiger partial charge in [0.25, 0.3) is 0 Å². The summed E-state index contributed by atoms with van der Waals surface area (Å²) >= 11 is 0. The summed E-state index contributed by atoms with van der Waals surface area (Å²) in [6.07, 6.45) is 3.36. The van der Waals surface area contributed by atoms with E-state index in [1.807, 2.05) is 0 Å². The average Bonchev–Trinajstić information content (AvgIpc) is 2.14. The molecule has 0 aromatic heterocycles. The molecule has 1 rings (SSSR count). The van der Waals surface area contributed by atoms with Crippen molar-refractivity contribution in [1.29, 1.82) is 0 Å². The van der Waals surface area contributed by atoms with Crippen LogP contribution in [0.2, 0.25) is 0 Å². The van der Waals surface area contributed by atoms with Gasteiger partial charge >= 0.3 is 0 Å². The van der Waals surface area contributed by atoms with Crippen LogP contribution in [0.5, 0.6) is 0 Å². The molecule has 1 aliphatic heterocycles. The Morgan fingerprint density at radius 1 is 1.86 bits per heavy atom. The third-order valence-electron chi connectivity index (χ3n) is 0.839. The number of carbonyl (C=O) groups excluding carboxylic acids is 1. The summed E-state index contributed by atoms with van der Waals surface area (Å²) in [6, 6.07) is 0. The first-order chi connectivity index (χ1) is 3.43. The first kappa shape index (κ1) is 4.30. The van der Waals surface area contributed by atoms with Crippen LogP contribution in [-0.4, -0.2) is 24.2 Å². The highest BCUT2D eigenvalue weighted by Crippen LogP contribution is 1.92. The maximum Gasteiger partial charge on any atom is 0.229 e. The van der Waals surface area contributed by atoms with Gasteiger partial charge in [0.1, 0.15) is 0 Å². The predicted molar refractivity (Wildman–Crippen MR) is 25.9 cm³/mol. The van der Waals surface area contributed by atoms with Gasteiger partial charge in [0.05, 0.1) is 0 Å². The molecule has 1 heterocycles. The van der Waals surface area contributed by atoms with Crippen molar-refractivity contribution in [2.45, 2.75) is 6.42 Å². The number of rotatable bonds is 1. The standard InChI is InChI=1S/C4H6N2O/c7-4-6-3-1-2-5-6/h2,4H,1,3H2. The number of hydrazone groups is 1. The van der Waals surface area contributed by atoms with Crippen LogP contribution in [0.3, 0.4) is 0 Å². The highest BCUT2D eigenvalue weighted by molar-refractivity contribution is 5.63. The van der Waals surface area contributed by atoms with E-state index in [4.69, 9.17) is 0 Å². The van der Waals surface area contributed by atoms with Crippen LogP contribution in [0.1, 0.15) is 6.42 Å². The molecule has 0 saturated carbocycles. The quantitative estimate of drug-likeness (QED) is 0.419. The smallest absolute Gasteiger partial charge is 0.229 e. The zero-order valence-electron chi connectivity index (χ0n) is 3.87. The summed E-state index contributed by atoms with van der Waals surface area (Å²) in [7, 11) is 0. The van der Waals surface area contributed by atoms with Crippen LogP contribution in [0.4, 0.5) is 0 Å². The van der Waals surface area contributed by atoms with E-state index in [0.29, 0.717) is 0 Å². The number of nitrogens with zero attached hydrogens (tertiary/aromatic N) is 2. The van der Waals surface area contributed by atoms with E-state index >= 15 is 0 Å². The van der Waals surface area contributed by atoms with Gasteiger partial charge in [0.2, 0.25) is 6.41 Å². The molecule has 3 nitrogen and oxygen atoms in total. The SMILES string of the molecule is O=CN1CCC=N1. The Balaban J connectivity index is 2.42. The van der Waals surface area contributed by atoms with Gasteiger partial charge in [-0.05, 0) is 0 Å². The number of carbonyl (C=O) groups is 1. The van der Waals surface area contributed by atoms with Gasteiger partial charge in [0.15, 0.2) is 0 Å². The zero-order valence-corrected chi connectivity index (χ0v) is 3.87. The van der Waals surface area contributed by atoms with Crippen LogP contribution in [-0.2, 0) is 4.79 Å². The van der Waals surface area contributed by atoms with Crippen molar-refractivity contribution < 1.29 is 4.79 Å². The number of hydrogen-bond acceptors (Lipinski definition) is 2. The molecule has 3 heteroatoms. The van der Waals surface area contributed by atoms with Gasteiger partial charge in [0, 0.05) is 19.2 Å². The van der Waals surface area contributed by atoms with E-state index in [1.165, 1.54) is 5.01 Å². The normalized spacial score (nSPS) is 18.0. The highest BCUT2D eigenvalue weighted by Gasteiger charge is 2.00. The molecular weight excluding hydrogens is 92.1 g/mol. The van der Waals surface area contributed by atoms with Gasteiger partial charge in [-0.15, -0.1) is 0 Å². The molecule has 0 atom stereocenters. The molecule has 0 unspecified atom stereocenters. The Kier molecular flexibility index (Phi) is 1.06. The Hall–Kier alpha value is -0.860. The van der Waals surface area contributed by atoms with Gasteiger partial charge < -0.3 is 0 Å². The fourth-order valence-corrected chi connectivity index (χ4v) is 0.490. The van der Waals surface area contributed by atoms with E-state index in [1.54, 1.807) is 6.21 Å². The lowest BCUT2D eigenvalue weighted by atomic mass is 10.5. The third-order valence-corrected chi connectivity index (χ3v) is 0.839. The maximum absolute atomic E-state index is 9.82. The molecule has 7 heavy (non-hydrogen) atoms. The molecule has 0 spiro atoms. The second kappa shape index (κ2) is 1.73. The molecule has 0 N–H and O–H groups in total. The fraction of sp³-hybridized carbons (Fsp3) is 0.500. The molecule has 0 saturated heterocycles.